The van der Waals surface area contributed by atoms with Crippen LogP contribution in [0.25, 0.3) is 0 Å². The van der Waals surface area contributed by atoms with E-state index < -0.39 is 0 Å². The summed E-state index contributed by atoms with van der Waals surface area (Å²) < 4.78 is 2.02. The number of nitrogens with two attached hydrogens (primary N) is 1. The lowest BCUT2D eigenvalue weighted by Crippen LogP contribution is -2.31. The highest BCUT2D eigenvalue weighted by Crippen LogP contribution is 2.28. The van der Waals surface area contributed by atoms with Crippen LogP contribution in [0.3, 0.4) is 0 Å². The molecule has 4 nitrogen and oxygen atoms in total. The first-order chi connectivity index (χ1) is 9.15. The fourth-order valence-corrected chi connectivity index (χ4v) is 2.98. The molecule has 2 N–H and O–H groups in total. The van der Waals surface area contributed by atoms with Crippen molar-refractivity contribution in [1.29, 1.82) is 0 Å². The van der Waals surface area contributed by atoms with E-state index in [4.69, 9.17) is 5.73 Å². The molecule has 19 heavy (non-hydrogen) atoms. The van der Waals surface area contributed by atoms with Crippen LogP contribution in [0.5, 0.6) is 0 Å². The van der Waals surface area contributed by atoms with Crippen LogP contribution in [0.15, 0.2) is 12.4 Å². The fourth-order valence-electron chi connectivity index (χ4n) is 2.98. The lowest BCUT2D eigenvalue weighted by Gasteiger charge is -2.16. The van der Waals surface area contributed by atoms with Gasteiger partial charge in [-0.1, -0.05) is 6.42 Å². The topological polar surface area (TPSA) is 51.3 Å². The van der Waals surface area contributed by atoms with Gasteiger partial charge in [0.1, 0.15) is 6.54 Å². The van der Waals surface area contributed by atoms with Crippen molar-refractivity contribution in [3.8, 4) is 0 Å². The lowest BCUT2D eigenvalue weighted by molar-refractivity contribution is -0.131. The molecule has 0 bridgehead atoms. The summed E-state index contributed by atoms with van der Waals surface area (Å²) in [6, 6.07) is 0.637. The molecule has 1 amide bonds. The van der Waals surface area contributed by atoms with Crippen molar-refractivity contribution in [3.63, 3.8) is 0 Å². The number of hydrogen-bond donors (Lipinski definition) is 1. The van der Waals surface area contributed by atoms with E-state index in [0.29, 0.717) is 12.6 Å². The minimum Gasteiger partial charge on any atom is -0.344 e. The maximum Gasteiger partial charge on any atom is 0.242 e. The van der Waals surface area contributed by atoms with Gasteiger partial charge in [0, 0.05) is 31.5 Å². The smallest absolute Gasteiger partial charge is 0.242 e. The molecule has 2 aliphatic carbocycles. The summed E-state index contributed by atoms with van der Waals surface area (Å²) in [5.41, 5.74) is 8.79. The maximum atomic E-state index is 12.1. The van der Waals surface area contributed by atoms with Gasteiger partial charge >= 0.3 is 0 Å². The van der Waals surface area contributed by atoms with Gasteiger partial charge in [0.2, 0.25) is 5.91 Å². The van der Waals surface area contributed by atoms with Gasteiger partial charge in [-0.25, -0.2) is 0 Å². The average molecular weight is 261 g/mol. The number of nitrogens with zero attached hydrogens (tertiary/aromatic N) is 2. The lowest BCUT2D eigenvalue weighted by atomic mass is 10.1. The zero-order chi connectivity index (χ0) is 13.4. The van der Waals surface area contributed by atoms with Crippen molar-refractivity contribution in [3.05, 3.63) is 23.5 Å². The molecular formula is C15H23N3O. The largest absolute Gasteiger partial charge is 0.344 e. The molecule has 1 saturated carbocycles. The quantitative estimate of drug-likeness (QED) is 0.844. The third kappa shape index (κ3) is 2.68. The summed E-state index contributed by atoms with van der Waals surface area (Å²) in [5, 5.41) is 0. The van der Waals surface area contributed by atoms with E-state index in [-0.39, 0.29) is 11.9 Å². The molecule has 1 aromatic rings. The zero-order valence-electron chi connectivity index (χ0n) is 11.6. The predicted molar refractivity (Wildman–Crippen MR) is 74.7 cm³/mol. The van der Waals surface area contributed by atoms with Crippen LogP contribution in [0.1, 0.15) is 49.3 Å². The van der Waals surface area contributed by atoms with Gasteiger partial charge in [-0.15, -0.1) is 0 Å². The summed E-state index contributed by atoms with van der Waals surface area (Å²) in [6.45, 7) is 0.451. The van der Waals surface area contributed by atoms with Crippen LogP contribution >= 0.6 is 0 Å². The highest BCUT2D eigenvalue weighted by atomic mass is 16.2. The number of rotatable bonds is 3. The van der Waals surface area contributed by atoms with E-state index in [0.717, 1.165) is 25.7 Å². The number of hydrogen-bond acceptors (Lipinski definition) is 2. The van der Waals surface area contributed by atoms with Crippen molar-refractivity contribution in [1.82, 2.24) is 9.47 Å². The van der Waals surface area contributed by atoms with Crippen molar-refractivity contribution in [2.45, 2.75) is 57.2 Å². The summed E-state index contributed by atoms with van der Waals surface area (Å²) in [7, 11) is 1.92. The van der Waals surface area contributed by atoms with Crippen LogP contribution in [0, 0.1) is 0 Å². The number of carbonyl (C=O) groups is 1. The summed E-state index contributed by atoms with van der Waals surface area (Å²) in [6.07, 6.45) is 11.1. The first-order valence-corrected chi connectivity index (χ1v) is 7.35. The number of carbonyl (C=O) groups excluding carboxylic acids is 1. The third-order valence-electron chi connectivity index (χ3n) is 4.41. The van der Waals surface area contributed by atoms with Gasteiger partial charge in [0.15, 0.2) is 0 Å². The second-order valence-corrected chi connectivity index (χ2v) is 6.00. The van der Waals surface area contributed by atoms with Gasteiger partial charge in [0.05, 0.1) is 0 Å². The molecule has 1 heterocycles. The summed E-state index contributed by atoms with van der Waals surface area (Å²) in [5.74, 6) is 0.209. The maximum absolute atomic E-state index is 12.1. The third-order valence-corrected chi connectivity index (χ3v) is 4.41. The Bertz CT molecular complexity index is 476. The number of aryl methyl sites for hydroxylation is 1. The van der Waals surface area contributed by atoms with E-state index in [1.54, 1.807) is 0 Å². The first-order valence-electron chi connectivity index (χ1n) is 7.35. The number of aromatic nitrogens is 1. The first kappa shape index (κ1) is 12.7. The molecule has 2 aliphatic rings. The van der Waals surface area contributed by atoms with Crippen LogP contribution in [0.4, 0.5) is 0 Å². The Balaban J connectivity index is 1.71. The van der Waals surface area contributed by atoms with Crippen molar-refractivity contribution < 1.29 is 4.79 Å². The van der Waals surface area contributed by atoms with E-state index in [1.807, 2.05) is 16.5 Å². The molecule has 4 heteroatoms. The molecule has 1 aromatic heterocycles. The Morgan fingerprint density at radius 3 is 2.89 bits per heavy atom. The monoisotopic (exact) mass is 261 g/mol. The normalized spacial score (nSPS) is 22.7. The van der Waals surface area contributed by atoms with Crippen molar-refractivity contribution in [2.24, 2.45) is 5.73 Å². The van der Waals surface area contributed by atoms with Crippen LogP contribution < -0.4 is 5.73 Å². The molecule has 3 rings (SSSR count). The Hall–Kier alpha value is -1.29. The van der Waals surface area contributed by atoms with Gasteiger partial charge in [-0.05, 0) is 43.2 Å². The molecule has 0 spiro atoms. The fraction of sp³-hybridized carbons (Fsp3) is 0.667. The predicted octanol–water partition coefficient (Wildman–Crippen LogP) is 1.84. The Kier molecular flexibility index (Phi) is 3.35. The van der Waals surface area contributed by atoms with Gasteiger partial charge in [-0.2, -0.15) is 0 Å². The van der Waals surface area contributed by atoms with Crippen LogP contribution in [-0.4, -0.2) is 28.5 Å². The van der Waals surface area contributed by atoms with E-state index in [9.17, 15) is 4.79 Å². The Morgan fingerprint density at radius 1 is 1.37 bits per heavy atom. The summed E-state index contributed by atoms with van der Waals surface area (Å²) >= 11 is 0. The molecule has 1 unspecified atom stereocenters. The highest BCUT2D eigenvalue weighted by Gasteiger charge is 2.29. The van der Waals surface area contributed by atoms with Crippen LogP contribution in [0.2, 0.25) is 0 Å². The number of amides is 1. The zero-order valence-corrected chi connectivity index (χ0v) is 11.6. The molecule has 1 fully saturated rings. The Morgan fingerprint density at radius 2 is 2.16 bits per heavy atom. The molecule has 0 radical (unpaired) electrons. The molecule has 0 aromatic carbocycles. The number of fused-ring (bicyclic) bond motifs is 1. The van der Waals surface area contributed by atoms with Crippen molar-refractivity contribution >= 4 is 5.91 Å². The molecule has 104 valence electrons. The van der Waals surface area contributed by atoms with E-state index in [2.05, 4.69) is 12.4 Å². The van der Waals surface area contributed by atoms with Crippen LogP contribution in [-0.2, 0) is 17.8 Å². The average Bonchev–Trinajstić information content (AvgIpc) is 3.17. The van der Waals surface area contributed by atoms with Gasteiger partial charge in [-0.3, -0.25) is 4.79 Å². The SMILES string of the molecule is CN(C(=O)Cn1cc2c(c1)C(N)CCCC2)C1CC1. The molecule has 0 aliphatic heterocycles. The van der Waals surface area contributed by atoms with E-state index >= 15 is 0 Å². The molecule has 0 saturated heterocycles. The molecule has 1 atom stereocenters. The minimum atomic E-state index is 0.148. The highest BCUT2D eigenvalue weighted by molar-refractivity contribution is 5.76. The van der Waals surface area contributed by atoms with E-state index in [1.165, 1.54) is 24.0 Å². The minimum absolute atomic E-state index is 0.148. The van der Waals surface area contributed by atoms with Gasteiger partial charge in [0.25, 0.3) is 0 Å². The molecular weight excluding hydrogens is 238 g/mol. The standard InChI is InChI=1S/C15H23N3O/c1-17(12-6-7-12)15(19)10-18-8-11-4-2-3-5-14(16)13(11)9-18/h8-9,12,14H,2-7,10,16H2,1H3. The van der Waals surface area contributed by atoms with Crippen molar-refractivity contribution in [2.75, 3.05) is 7.05 Å². The second kappa shape index (κ2) is 5.00. The Labute approximate surface area is 114 Å². The van der Waals surface area contributed by atoms with Gasteiger partial charge < -0.3 is 15.2 Å². The summed E-state index contributed by atoms with van der Waals surface area (Å²) in [4.78, 5) is 14.0. The second-order valence-electron chi connectivity index (χ2n) is 6.00. The number of likely N-dealkylation sites (N-methyl/N-ethyl adjacent to an activating group) is 1.